The van der Waals surface area contributed by atoms with Crippen LogP contribution in [0.5, 0.6) is 11.5 Å². The molecule has 11 heteroatoms. The number of nitrogens with two attached hydrogens (primary N) is 1. The number of hydrogen-bond donors (Lipinski definition) is 1. The first kappa shape index (κ1) is 28.5. The van der Waals surface area contributed by atoms with E-state index in [0.29, 0.717) is 59.4 Å². The highest BCUT2D eigenvalue weighted by atomic mass is 16.5. The Bertz CT molecular complexity index is 1530. The van der Waals surface area contributed by atoms with Gasteiger partial charge in [-0.3, -0.25) is 4.79 Å². The second-order valence-corrected chi connectivity index (χ2v) is 9.46. The molecular formula is C29H35N7O4. The minimum atomic E-state index is -0.195. The smallest absolute Gasteiger partial charge is 0.250 e. The third kappa shape index (κ3) is 6.05. The molecule has 0 unspecified atom stereocenters. The molecule has 0 aliphatic heterocycles. The first-order valence-corrected chi connectivity index (χ1v) is 12.7. The molecule has 2 aromatic heterocycles. The average molecular weight is 546 g/mol. The van der Waals surface area contributed by atoms with Gasteiger partial charge in [0.25, 0.3) is 5.91 Å². The number of fused-ring (bicyclic) bond motifs is 1. The fraction of sp³-hybridized carbons (Fsp3) is 0.310. The van der Waals surface area contributed by atoms with Crippen molar-refractivity contribution in [1.82, 2.24) is 24.6 Å². The Morgan fingerprint density at radius 2 is 1.85 bits per heavy atom. The topological polar surface area (TPSA) is 121 Å². The number of methoxy groups -OCH3 is 2. The molecule has 0 spiro atoms. The minimum absolute atomic E-state index is 0.195. The largest absolute Gasteiger partial charge is 0.496 e. The van der Waals surface area contributed by atoms with Crippen LogP contribution >= 0.6 is 0 Å². The van der Waals surface area contributed by atoms with E-state index in [1.54, 1.807) is 43.0 Å². The van der Waals surface area contributed by atoms with Crippen LogP contribution in [0.4, 0.5) is 11.5 Å². The van der Waals surface area contributed by atoms with Gasteiger partial charge in [0, 0.05) is 32.3 Å². The molecule has 2 heterocycles. The van der Waals surface area contributed by atoms with E-state index >= 15 is 0 Å². The van der Waals surface area contributed by atoms with Crippen molar-refractivity contribution in [3.63, 3.8) is 0 Å². The number of nitrogens with zero attached hydrogens (tertiary/aromatic N) is 6. The zero-order valence-corrected chi connectivity index (χ0v) is 23.7. The van der Waals surface area contributed by atoms with Gasteiger partial charge in [-0.2, -0.15) is 5.10 Å². The van der Waals surface area contributed by atoms with Crippen LogP contribution in [0.2, 0.25) is 0 Å². The monoisotopic (exact) mass is 545 g/mol. The van der Waals surface area contributed by atoms with Crippen molar-refractivity contribution in [2.45, 2.75) is 6.92 Å². The Morgan fingerprint density at radius 3 is 2.58 bits per heavy atom. The number of benzene rings is 2. The van der Waals surface area contributed by atoms with Gasteiger partial charge in [-0.1, -0.05) is 18.2 Å². The molecule has 0 bridgehead atoms. The third-order valence-corrected chi connectivity index (χ3v) is 6.33. The Hall–Kier alpha value is -4.48. The summed E-state index contributed by atoms with van der Waals surface area (Å²) >= 11 is 0. The Balaban J connectivity index is 1.84. The highest BCUT2D eigenvalue weighted by Crippen LogP contribution is 2.36. The van der Waals surface area contributed by atoms with Gasteiger partial charge in [0.15, 0.2) is 5.65 Å². The molecule has 0 saturated heterocycles. The zero-order chi connectivity index (χ0) is 28.8. The lowest BCUT2D eigenvalue weighted by atomic mass is 10.1. The Labute approximate surface area is 233 Å². The molecule has 0 aliphatic rings. The third-order valence-electron chi connectivity index (χ3n) is 6.33. The number of aryl methyl sites for hydroxylation is 1. The standard InChI is InChI=1S/C29H35N7O4/c1-19-9-10-20(16-24(19)39-6)27-26-28(30)31-18-32-29(26)36(33-27)21-11-12-23(40-15-14-38-5)22(17-21)35(4)25(37)8-7-13-34(2)3/h7-12,16-18H,13-15H2,1-6H3,(H2,30,31,32). The van der Waals surface area contributed by atoms with Crippen molar-refractivity contribution < 1.29 is 19.0 Å². The lowest BCUT2D eigenvalue weighted by molar-refractivity contribution is -0.113. The molecule has 0 aliphatic carbocycles. The first-order valence-electron chi connectivity index (χ1n) is 12.7. The summed E-state index contributed by atoms with van der Waals surface area (Å²) in [4.78, 5) is 25.3. The minimum Gasteiger partial charge on any atom is -0.496 e. The van der Waals surface area contributed by atoms with Crippen LogP contribution in [0.1, 0.15) is 5.56 Å². The van der Waals surface area contributed by atoms with E-state index in [9.17, 15) is 4.79 Å². The van der Waals surface area contributed by atoms with Crippen LogP contribution in [0.25, 0.3) is 28.0 Å². The van der Waals surface area contributed by atoms with E-state index in [1.807, 2.05) is 62.3 Å². The first-order chi connectivity index (χ1) is 19.2. The molecule has 4 aromatic rings. The summed E-state index contributed by atoms with van der Waals surface area (Å²) in [5, 5.41) is 5.53. The molecule has 1 amide bonds. The van der Waals surface area contributed by atoms with Crippen molar-refractivity contribution in [2.24, 2.45) is 0 Å². The van der Waals surface area contributed by atoms with E-state index in [-0.39, 0.29) is 5.91 Å². The van der Waals surface area contributed by atoms with E-state index in [1.165, 1.54) is 6.33 Å². The number of carbonyl (C=O) groups excluding carboxylic acids is 1. The number of carbonyl (C=O) groups is 1. The quantitative estimate of drug-likeness (QED) is 0.223. The molecule has 0 saturated carbocycles. The molecule has 11 nitrogen and oxygen atoms in total. The van der Waals surface area contributed by atoms with E-state index in [4.69, 9.17) is 25.0 Å². The fourth-order valence-electron chi connectivity index (χ4n) is 4.18. The van der Waals surface area contributed by atoms with Gasteiger partial charge >= 0.3 is 0 Å². The number of nitrogen functional groups attached to an aromatic ring is 1. The molecule has 210 valence electrons. The maximum absolute atomic E-state index is 13.1. The summed E-state index contributed by atoms with van der Waals surface area (Å²) in [6, 6.07) is 11.3. The summed E-state index contributed by atoms with van der Waals surface area (Å²) in [5.41, 5.74) is 10.5. The van der Waals surface area contributed by atoms with Crippen molar-refractivity contribution in [3.05, 3.63) is 60.4 Å². The fourth-order valence-corrected chi connectivity index (χ4v) is 4.18. The highest BCUT2D eigenvalue weighted by molar-refractivity contribution is 6.02. The Kier molecular flexibility index (Phi) is 8.97. The SMILES string of the molecule is COCCOc1ccc(-n2nc(-c3ccc(C)c(OC)c3)c3c(N)ncnc32)cc1N(C)C(=O)C=CCN(C)C. The molecule has 0 atom stereocenters. The average Bonchev–Trinajstić information content (AvgIpc) is 3.34. The van der Waals surface area contributed by atoms with Gasteiger partial charge in [-0.05, 0) is 50.8 Å². The second kappa shape index (κ2) is 12.6. The summed E-state index contributed by atoms with van der Waals surface area (Å²) in [6.45, 7) is 3.35. The highest BCUT2D eigenvalue weighted by Gasteiger charge is 2.21. The molecule has 40 heavy (non-hydrogen) atoms. The number of anilines is 2. The molecule has 2 aromatic carbocycles. The summed E-state index contributed by atoms with van der Waals surface area (Å²) in [5.74, 6) is 1.38. The van der Waals surface area contributed by atoms with Gasteiger partial charge in [0.2, 0.25) is 0 Å². The van der Waals surface area contributed by atoms with Crippen LogP contribution in [0.15, 0.2) is 54.9 Å². The van der Waals surface area contributed by atoms with Crippen molar-refractivity contribution in [1.29, 1.82) is 0 Å². The van der Waals surface area contributed by atoms with Crippen LogP contribution in [0.3, 0.4) is 0 Å². The maximum atomic E-state index is 13.1. The number of rotatable bonds is 11. The van der Waals surface area contributed by atoms with Crippen LogP contribution < -0.4 is 20.1 Å². The number of hydrogen-bond acceptors (Lipinski definition) is 9. The Morgan fingerprint density at radius 1 is 1.05 bits per heavy atom. The summed E-state index contributed by atoms with van der Waals surface area (Å²) in [7, 11) is 8.82. The lowest BCUT2D eigenvalue weighted by Crippen LogP contribution is -2.25. The molecule has 0 radical (unpaired) electrons. The van der Waals surface area contributed by atoms with Gasteiger partial charge in [-0.15, -0.1) is 0 Å². The predicted octanol–water partition coefficient (Wildman–Crippen LogP) is 3.49. The van der Waals surface area contributed by atoms with Crippen molar-refractivity contribution in [3.8, 4) is 28.4 Å². The van der Waals surface area contributed by atoms with E-state index < -0.39 is 0 Å². The maximum Gasteiger partial charge on any atom is 0.250 e. The number of likely N-dealkylation sites (N-methyl/N-ethyl adjacent to an activating group) is 2. The van der Waals surface area contributed by atoms with Crippen LogP contribution in [-0.2, 0) is 9.53 Å². The molecule has 4 rings (SSSR count). The zero-order valence-electron chi connectivity index (χ0n) is 23.7. The van der Waals surface area contributed by atoms with Crippen molar-refractivity contribution >= 4 is 28.4 Å². The number of aromatic nitrogens is 4. The normalized spacial score (nSPS) is 11.5. The van der Waals surface area contributed by atoms with Crippen molar-refractivity contribution in [2.75, 3.05) is 65.8 Å². The van der Waals surface area contributed by atoms with Gasteiger partial charge in [0.05, 0.1) is 30.5 Å². The summed E-state index contributed by atoms with van der Waals surface area (Å²) in [6.07, 6.45) is 4.77. The number of ether oxygens (including phenoxy) is 3. The predicted molar refractivity (Wildman–Crippen MR) is 156 cm³/mol. The van der Waals surface area contributed by atoms with Crippen LogP contribution in [0, 0.1) is 6.92 Å². The van der Waals surface area contributed by atoms with Crippen LogP contribution in [-0.4, -0.2) is 85.7 Å². The second-order valence-electron chi connectivity index (χ2n) is 9.46. The molecule has 2 N–H and O–H groups in total. The van der Waals surface area contributed by atoms with Gasteiger partial charge < -0.3 is 29.7 Å². The molecular weight excluding hydrogens is 510 g/mol. The van der Waals surface area contributed by atoms with E-state index in [0.717, 1.165) is 16.9 Å². The van der Waals surface area contributed by atoms with E-state index in [2.05, 4.69) is 9.97 Å². The molecule has 0 fully saturated rings. The number of amides is 1. The summed E-state index contributed by atoms with van der Waals surface area (Å²) < 4.78 is 18.3. The van der Waals surface area contributed by atoms with Gasteiger partial charge in [-0.25, -0.2) is 14.6 Å². The lowest BCUT2D eigenvalue weighted by Gasteiger charge is -2.21. The van der Waals surface area contributed by atoms with Gasteiger partial charge in [0.1, 0.15) is 35.9 Å².